The highest BCUT2D eigenvalue weighted by atomic mass is 79.9. The van der Waals surface area contributed by atoms with Crippen LogP contribution in [-0.2, 0) is 16.1 Å². The standard InChI is InChI=1S/C11H13BrN2O4S/c12-8-5-4-7(19-8)6-13-11(18)14-9(15)2-1-3-10(16)17/h4-5H,1-3,6H2,(H,16,17)(H2,13,14,15,18). The Morgan fingerprint density at radius 2 is 2.00 bits per heavy atom. The molecule has 0 aromatic carbocycles. The molecule has 8 heteroatoms. The van der Waals surface area contributed by atoms with E-state index in [1.54, 1.807) is 0 Å². The van der Waals surface area contributed by atoms with Gasteiger partial charge < -0.3 is 10.4 Å². The van der Waals surface area contributed by atoms with E-state index in [4.69, 9.17) is 5.11 Å². The summed E-state index contributed by atoms with van der Waals surface area (Å²) in [6.45, 7) is 0.338. The minimum Gasteiger partial charge on any atom is -0.481 e. The summed E-state index contributed by atoms with van der Waals surface area (Å²) in [5.41, 5.74) is 0. The third kappa shape index (κ3) is 6.92. The number of carboxylic acids is 1. The number of halogens is 1. The summed E-state index contributed by atoms with van der Waals surface area (Å²) in [6, 6.07) is 3.16. The Kier molecular flexibility index (Phi) is 6.51. The molecular formula is C11H13BrN2O4S. The van der Waals surface area contributed by atoms with Gasteiger partial charge in [-0.25, -0.2) is 4.79 Å². The number of carbonyl (C=O) groups excluding carboxylic acids is 2. The zero-order valence-corrected chi connectivity index (χ0v) is 12.3. The molecule has 1 aromatic rings. The number of nitrogens with one attached hydrogen (secondary N) is 2. The number of rotatable bonds is 6. The molecule has 6 nitrogen and oxygen atoms in total. The average Bonchev–Trinajstić information content (AvgIpc) is 2.72. The molecule has 0 bridgehead atoms. The van der Waals surface area contributed by atoms with E-state index in [1.165, 1.54) is 11.3 Å². The Labute approximate surface area is 122 Å². The SMILES string of the molecule is O=C(O)CCCC(=O)NC(=O)NCc1ccc(Br)s1. The molecule has 3 amide bonds. The first-order valence-electron chi connectivity index (χ1n) is 5.51. The van der Waals surface area contributed by atoms with Crippen molar-refractivity contribution in [2.75, 3.05) is 0 Å². The van der Waals surface area contributed by atoms with Crippen LogP contribution in [0.3, 0.4) is 0 Å². The highest BCUT2D eigenvalue weighted by molar-refractivity contribution is 9.11. The Hall–Kier alpha value is -1.41. The van der Waals surface area contributed by atoms with Crippen molar-refractivity contribution in [3.05, 3.63) is 20.8 Å². The molecule has 0 atom stereocenters. The van der Waals surface area contributed by atoms with E-state index in [0.717, 1.165) is 8.66 Å². The second kappa shape index (κ2) is 7.90. The molecule has 19 heavy (non-hydrogen) atoms. The molecule has 0 radical (unpaired) electrons. The fourth-order valence-electron chi connectivity index (χ4n) is 1.25. The molecule has 0 saturated heterocycles. The number of carboxylic acid groups (broad SMARTS) is 1. The van der Waals surface area contributed by atoms with Gasteiger partial charge in [0.05, 0.1) is 10.3 Å². The molecule has 0 aliphatic carbocycles. The fourth-order valence-corrected chi connectivity index (χ4v) is 2.67. The van der Waals surface area contributed by atoms with E-state index in [9.17, 15) is 14.4 Å². The van der Waals surface area contributed by atoms with Gasteiger partial charge in [0, 0.05) is 17.7 Å². The molecule has 3 N–H and O–H groups in total. The van der Waals surface area contributed by atoms with Crippen LogP contribution in [0.2, 0.25) is 0 Å². The van der Waals surface area contributed by atoms with Crippen molar-refractivity contribution in [1.82, 2.24) is 10.6 Å². The molecule has 0 spiro atoms. The van der Waals surface area contributed by atoms with Crippen LogP contribution in [0, 0.1) is 0 Å². The van der Waals surface area contributed by atoms with Crippen molar-refractivity contribution >= 4 is 45.2 Å². The first-order valence-corrected chi connectivity index (χ1v) is 7.12. The largest absolute Gasteiger partial charge is 0.481 e. The van der Waals surface area contributed by atoms with Gasteiger partial charge in [-0.2, -0.15) is 0 Å². The summed E-state index contributed by atoms with van der Waals surface area (Å²) in [6.07, 6.45) is 0.148. The third-order valence-corrected chi connectivity index (χ3v) is 3.72. The maximum absolute atomic E-state index is 11.4. The maximum atomic E-state index is 11.4. The summed E-state index contributed by atoms with van der Waals surface area (Å²) in [5.74, 6) is -1.44. The van der Waals surface area contributed by atoms with Gasteiger partial charge in [0.15, 0.2) is 0 Å². The maximum Gasteiger partial charge on any atom is 0.321 e. The van der Waals surface area contributed by atoms with E-state index in [-0.39, 0.29) is 19.3 Å². The average molecular weight is 349 g/mol. The van der Waals surface area contributed by atoms with E-state index in [0.29, 0.717) is 6.54 Å². The topological polar surface area (TPSA) is 95.5 Å². The predicted octanol–water partition coefficient (Wildman–Crippen LogP) is 2.09. The number of urea groups is 1. The molecule has 0 aliphatic heterocycles. The smallest absolute Gasteiger partial charge is 0.321 e. The Morgan fingerprint density at radius 3 is 2.58 bits per heavy atom. The molecule has 0 fully saturated rings. The first-order chi connectivity index (χ1) is 8.97. The van der Waals surface area contributed by atoms with Crippen LogP contribution < -0.4 is 10.6 Å². The second-order valence-corrected chi connectivity index (χ2v) is 6.23. The highest BCUT2D eigenvalue weighted by Crippen LogP contribution is 2.21. The van der Waals surface area contributed by atoms with Crippen molar-refractivity contribution in [1.29, 1.82) is 0 Å². The monoisotopic (exact) mass is 348 g/mol. The summed E-state index contributed by atoms with van der Waals surface area (Å²) in [7, 11) is 0. The van der Waals surface area contributed by atoms with Crippen molar-refractivity contribution in [2.24, 2.45) is 0 Å². The van der Waals surface area contributed by atoms with Crippen molar-refractivity contribution < 1.29 is 19.5 Å². The van der Waals surface area contributed by atoms with E-state index in [2.05, 4.69) is 26.6 Å². The summed E-state index contributed by atoms with van der Waals surface area (Å²) >= 11 is 4.80. The number of aliphatic carboxylic acids is 1. The van der Waals surface area contributed by atoms with Gasteiger partial charge in [0.1, 0.15) is 0 Å². The van der Waals surface area contributed by atoms with E-state index in [1.807, 2.05) is 12.1 Å². The molecule has 0 aliphatic rings. The normalized spacial score (nSPS) is 9.95. The molecule has 1 rings (SSSR count). The molecule has 1 heterocycles. The van der Waals surface area contributed by atoms with E-state index >= 15 is 0 Å². The fraction of sp³-hybridized carbons (Fsp3) is 0.364. The van der Waals surface area contributed by atoms with Gasteiger partial charge in [-0.1, -0.05) is 0 Å². The lowest BCUT2D eigenvalue weighted by atomic mass is 10.2. The van der Waals surface area contributed by atoms with Crippen LogP contribution in [-0.4, -0.2) is 23.0 Å². The van der Waals surface area contributed by atoms with Crippen LogP contribution in [0.4, 0.5) is 4.79 Å². The molecule has 104 valence electrons. The van der Waals surface area contributed by atoms with Gasteiger partial charge in [0.2, 0.25) is 5.91 Å². The predicted molar refractivity (Wildman–Crippen MR) is 73.9 cm³/mol. The lowest BCUT2D eigenvalue weighted by molar-refractivity contribution is -0.137. The number of imide groups is 1. The van der Waals surface area contributed by atoms with Crippen LogP contribution in [0.5, 0.6) is 0 Å². The zero-order chi connectivity index (χ0) is 14.3. The van der Waals surface area contributed by atoms with Gasteiger partial charge in [-0.3, -0.25) is 14.9 Å². The Morgan fingerprint density at radius 1 is 1.26 bits per heavy atom. The Balaban J connectivity index is 2.19. The number of thiophene rings is 1. The van der Waals surface area contributed by atoms with Crippen LogP contribution >= 0.6 is 27.3 Å². The quantitative estimate of drug-likeness (QED) is 0.733. The van der Waals surface area contributed by atoms with Gasteiger partial charge in [0.25, 0.3) is 0 Å². The Bertz CT molecular complexity index is 475. The number of hydrogen-bond acceptors (Lipinski definition) is 4. The highest BCUT2D eigenvalue weighted by Gasteiger charge is 2.08. The summed E-state index contributed by atoms with van der Waals surface area (Å²) in [5, 5.41) is 13.1. The minimum atomic E-state index is -0.958. The van der Waals surface area contributed by atoms with Gasteiger partial charge in [-0.05, 0) is 34.5 Å². The summed E-state index contributed by atoms with van der Waals surface area (Å²) in [4.78, 5) is 33.9. The summed E-state index contributed by atoms with van der Waals surface area (Å²) < 4.78 is 0.967. The third-order valence-electron chi connectivity index (χ3n) is 2.10. The molecule has 1 aromatic heterocycles. The van der Waals surface area contributed by atoms with Crippen LogP contribution in [0.15, 0.2) is 15.9 Å². The lowest BCUT2D eigenvalue weighted by Gasteiger charge is -2.05. The van der Waals surface area contributed by atoms with Crippen molar-refractivity contribution in [3.8, 4) is 0 Å². The number of amides is 3. The van der Waals surface area contributed by atoms with Crippen LogP contribution in [0.1, 0.15) is 24.1 Å². The zero-order valence-electron chi connectivity index (χ0n) is 9.94. The van der Waals surface area contributed by atoms with Gasteiger partial charge in [-0.15, -0.1) is 11.3 Å². The first kappa shape index (κ1) is 15.6. The van der Waals surface area contributed by atoms with Crippen LogP contribution in [0.25, 0.3) is 0 Å². The van der Waals surface area contributed by atoms with Crippen molar-refractivity contribution in [2.45, 2.75) is 25.8 Å². The number of carbonyl (C=O) groups is 3. The van der Waals surface area contributed by atoms with Crippen molar-refractivity contribution in [3.63, 3.8) is 0 Å². The molecule has 0 saturated carbocycles. The number of hydrogen-bond donors (Lipinski definition) is 3. The van der Waals surface area contributed by atoms with Gasteiger partial charge >= 0.3 is 12.0 Å². The van der Waals surface area contributed by atoms with E-state index < -0.39 is 17.9 Å². The lowest BCUT2D eigenvalue weighted by Crippen LogP contribution is -2.38. The minimum absolute atomic E-state index is 0.0181. The second-order valence-electron chi connectivity index (χ2n) is 3.68. The molecular weight excluding hydrogens is 336 g/mol. The molecule has 0 unspecified atom stereocenters.